The molecule has 1 fully saturated rings. The van der Waals surface area contributed by atoms with Gasteiger partial charge in [-0.2, -0.15) is 5.01 Å². The third-order valence-corrected chi connectivity index (χ3v) is 7.35. The number of nitrogens with one attached hydrogen (secondary N) is 1. The molecule has 7 heteroatoms. The first-order valence-corrected chi connectivity index (χ1v) is 15.2. The maximum absolute atomic E-state index is 12.7. The van der Waals surface area contributed by atoms with Crippen LogP contribution in [0.2, 0.25) is 0 Å². The molecule has 1 atom stereocenters. The number of carbonyl (C=O) groups is 2. The molecule has 0 aromatic carbocycles. The Kier molecular flexibility index (Phi) is 20.7. The minimum absolute atomic E-state index is 0.0560. The van der Waals surface area contributed by atoms with E-state index in [-0.39, 0.29) is 12.1 Å². The van der Waals surface area contributed by atoms with Gasteiger partial charge < -0.3 is 10.2 Å². The molecule has 0 spiro atoms. The van der Waals surface area contributed by atoms with E-state index in [4.69, 9.17) is 4.84 Å². The zero-order valence-corrected chi connectivity index (χ0v) is 24.0. The Morgan fingerprint density at radius 3 is 1.89 bits per heavy atom. The zero-order valence-electron chi connectivity index (χ0n) is 24.0. The lowest BCUT2D eigenvalue weighted by Crippen LogP contribution is -2.49. The summed E-state index contributed by atoms with van der Waals surface area (Å²) >= 11 is 0. The third kappa shape index (κ3) is 16.4. The van der Waals surface area contributed by atoms with E-state index in [1.165, 1.54) is 101 Å². The highest BCUT2D eigenvalue weighted by molar-refractivity contribution is 5.74. The standard InChI is InChI=1S/C29H58N4O3/c1-4-5-6-7-8-9-10-11-12-13-14-15-16-17-18-20-24-30-29(35)32-25-21-19-22-28(32)23-26-36-33(27-34)31(2)3/h27-28H,4-26H2,1-3H3,(H,30,35). The summed E-state index contributed by atoms with van der Waals surface area (Å²) in [5.41, 5.74) is 0. The lowest BCUT2D eigenvalue weighted by Gasteiger charge is -2.36. The number of rotatable bonds is 23. The minimum atomic E-state index is 0.0560. The van der Waals surface area contributed by atoms with Gasteiger partial charge in [-0.05, 0) is 32.1 Å². The second-order valence-electron chi connectivity index (χ2n) is 10.8. The van der Waals surface area contributed by atoms with E-state index in [0.717, 1.165) is 45.2 Å². The van der Waals surface area contributed by atoms with Crippen LogP contribution in [0.1, 0.15) is 135 Å². The van der Waals surface area contributed by atoms with Crippen molar-refractivity contribution in [2.75, 3.05) is 33.8 Å². The van der Waals surface area contributed by atoms with Crippen LogP contribution >= 0.6 is 0 Å². The number of hydroxylamine groups is 1. The number of urea groups is 1. The predicted octanol–water partition coefficient (Wildman–Crippen LogP) is 7.07. The maximum Gasteiger partial charge on any atom is 0.317 e. The number of amides is 3. The van der Waals surface area contributed by atoms with Crippen molar-refractivity contribution in [3.63, 3.8) is 0 Å². The van der Waals surface area contributed by atoms with E-state index in [0.29, 0.717) is 13.0 Å². The van der Waals surface area contributed by atoms with Crippen LogP contribution in [0, 0.1) is 0 Å². The molecule has 1 rings (SSSR count). The SMILES string of the molecule is CCCCCCCCCCCCCCCCCCNC(=O)N1CCCCC1CCON(C=O)N(C)C. The molecule has 1 unspecified atom stereocenters. The van der Waals surface area contributed by atoms with Gasteiger partial charge in [0.25, 0.3) is 0 Å². The molecule has 1 aliphatic heterocycles. The normalized spacial score (nSPS) is 15.9. The van der Waals surface area contributed by atoms with Gasteiger partial charge in [-0.1, -0.05) is 103 Å². The van der Waals surface area contributed by atoms with Crippen molar-refractivity contribution >= 4 is 12.4 Å². The summed E-state index contributed by atoms with van der Waals surface area (Å²) in [5, 5.41) is 5.91. The Morgan fingerprint density at radius 2 is 1.39 bits per heavy atom. The van der Waals surface area contributed by atoms with Crippen LogP contribution in [-0.2, 0) is 9.63 Å². The van der Waals surface area contributed by atoms with Crippen LogP contribution in [0.15, 0.2) is 0 Å². The van der Waals surface area contributed by atoms with Crippen molar-refractivity contribution in [2.24, 2.45) is 0 Å². The number of hydrazine groups is 1. The van der Waals surface area contributed by atoms with E-state index in [9.17, 15) is 9.59 Å². The van der Waals surface area contributed by atoms with E-state index in [1.807, 2.05) is 4.90 Å². The van der Waals surface area contributed by atoms with E-state index < -0.39 is 0 Å². The molecule has 7 nitrogen and oxygen atoms in total. The maximum atomic E-state index is 12.7. The molecule has 212 valence electrons. The molecule has 36 heavy (non-hydrogen) atoms. The van der Waals surface area contributed by atoms with Crippen LogP contribution in [0.3, 0.4) is 0 Å². The number of carbonyl (C=O) groups excluding carboxylic acids is 2. The first-order chi connectivity index (χ1) is 17.6. The minimum Gasteiger partial charge on any atom is -0.338 e. The Balaban J connectivity index is 1.98. The van der Waals surface area contributed by atoms with Gasteiger partial charge in [0.2, 0.25) is 6.41 Å². The molecule has 1 heterocycles. The number of hydrogen-bond acceptors (Lipinski definition) is 4. The third-order valence-electron chi connectivity index (χ3n) is 7.35. The molecule has 0 aromatic rings. The second kappa shape index (κ2) is 22.8. The number of piperidine rings is 1. The van der Waals surface area contributed by atoms with Crippen molar-refractivity contribution in [3.05, 3.63) is 0 Å². The van der Waals surface area contributed by atoms with Gasteiger partial charge in [0.15, 0.2) is 0 Å². The predicted molar refractivity (Wildman–Crippen MR) is 149 cm³/mol. The molecule has 0 bridgehead atoms. The molecule has 0 aliphatic carbocycles. The molecule has 1 aliphatic rings. The monoisotopic (exact) mass is 510 g/mol. The molecule has 1 saturated heterocycles. The van der Waals surface area contributed by atoms with Gasteiger partial charge in [0.1, 0.15) is 0 Å². The molecular formula is C29H58N4O3. The average Bonchev–Trinajstić information content (AvgIpc) is 2.88. The quantitative estimate of drug-likeness (QED) is 0.0907. The van der Waals surface area contributed by atoms with Gasteiger partial charge >= 0.3 is 6.03 Å². The molecule has 0 saturated carbocycles. The Labute approximate surface area is 222 Å². The molecular weight excluding hydrogens is 452 g/mol. The fourth-order valence-electron chi connectivity index (χ4n) is 5.06. The van der Waals surface area contributed by atoms with E-state index >= 15 is 0 Å². The van der Waals surface area contributed by atoms with Crippen molar-refractivity contribution in [1.29, 1.82) is 0 Å². The van der Waals surface area contributed by atoms with Gasteiger partial charge in [-0.15, -0.1) is 5.17 Å². The molecule has 1 N–H and O–H groups in total. The highest BCUT2D eigenvalue weighted by Crippen LogP contribution is 2.20. The van der Waals surface area contributed by atoms with Gasteiger partial charge in [0, 0.05) is 33.2 Å². The summed E-state index contributed by atoms with van der Waals surface area (Å²) in [6, 6.07) is 0.237. The number of unbranched alkanes of at least 4 members (excludes halogenated alkanes) is 15. The Bertz CT molecular complexity index is 533. The van der Waals surface area contributed by atoms with Crippen molar-refractivity contribution in [3.8, 4) is 0 Å². The summed E-state index contributed by atoms with van der Waals surface area (Å²) in [6.07, 6.45) is 26.3. The largest absolute Gasteiger partial charge is 0.338 e. The highest BCUT2D eigenvalue weighted by Gasteiger charge is 2.26. The zero-order chi connectivity index (χ0) is 26.3. The van der Waals surface area contributed by atoms with Crippen LogP contribution in [0.25, 0.3) is 0 Å². The summed E-state index contributed by atoms with van der Waals surface area (Å²) < 4.78 is 0. The fourth-order valence-corrected chi connectivity index (χ4v) is 5.06. The topological polar surface area (TPSA) is 65.1 Å². The molecule has 3 amide bonds. The van der Waals surface area contributed by atoms with Gasteiger partial charge in [-0.3, -0.25) is 9.63 Å². The van der Waals surface area contributed by atoms with Crippen LogP contribution in [0.5, 0.6) is 0 Å². The molecule has 0 aromatic heterocycles. The van der Waals surface area contributed by atoms with Crippen molar-refractivity contribution in [2.45, 2.75) is 141 Å². The van der Waals surface area contributed by atoms with Crippen molar-refractivity contribution in [1.82, 2.24) is 20.4 Å². The number of hydrogen-bond donors (Lipinski definition) is 1. The second-order valence-corrected chi connectivity index (χ2v) is 10.8. The number of likely N-dealkylation sites (tertiary alicyclic amines) is 1. The lowest BCUT2D eigenvalue weighted by atomic mass is 10.00. The van der Waals surface area contributed by atoms with Gasteiger partial charge in [-0.25, -0.2) is 4.79 Å². The highest BCUT2D eigenvalue weighted by atomic mass is 16.7. The first-order valence-electron chi connectivity index (χ1n) is 15.2. The molecule has 0 radical (unpaired) electrons. The van der Waals surface area contributed by atoms with E-state index in [1.54, 1.807) is 19.1 Å². The summed E-state index contributed by atoms with van der Waals surface area (Å²) in [6.45, 7) is 4.27. The Hall–Kier alpha value is -1.34. The summed E-state index contributed by atoms with van der Waals surface area (Å²) in [5.74, 6) is 0. The van der Waals surface area contributed by atoms with Crippen LogP contribution in [0.4, 0.5) is 4.79 Å². The van der Waals surface area contributed by atoms with Crippen LogP contribution < -0.4 is 5.32 Å². The van der Waals surface area contributed by atoms with Crippen LogP contribution in [-0.4, -0.2) is 67.4 Å². The van der Waals surface area contributed by atoms with Gasteiger partial charge in [0.05, 0.1) is 6.61 Å². The summed E-state index contributed by atoms with van der Waals surface area (Å²) in [4.78, 5) is 31.2. The lowest BCUT2D eigenvalue weighted by molar-refractivity contribution is -0.244. The average molecular weight is 511 g/mol. The summed E-state index contributed by atoms with van der Waals surface area (Å²) in [7, 11) is 3.51. The Morgan fingerprint density at radius 1 is 0.861 bits per heavy atom. The first kappa shape index (κ1) is 32.7. The smallest absolute Gasteiger partial charge is 0.317 e. The van der Waals surface area contributed by atoms with E-state index in [2.05, 4.69) is 12.2 Å². The fraction of sp³-hybridized carbons (Fsp3) is 0.931. The number of nitrogens with zero attached hydrogens (tertiary/aromatic N) is 3. The van der Waals surface area contributed by atoms with Crippen molar-refractivity contribution < 1.29 is 14.4 Å².